The van der Waals surface area contributed by atoms with Crippen LogP contribution >= 0.6 is 0 Å². The number of esters is 1. The fourth-order valence-electron chi connectivity index (χ4n) is 2.45. The Morgan fingerprint density at radius 3 is 2.75 bits per heavy atom. The monoisotopic (exact) mass is 331 g/mol. The molecule has 1 aromatic heterocycles. The van der Waals surface area contributed by atoms with Crippen molar-refractivity contribution in [1.29, 1.82) is 0 Å². The van der Waals surface area contributed by atoms with E-state index in [9.17, 15) is 14.4 Å². The molecule has 126 valence electrons. The molecule has 0 N–H and O–H groups in total. The molecule has 0 spiro atoms. The van der Waals surface area contributed by atoms with E-state index in [1.54, 1.807) is 29.2 Å². The van der Waals surface area contributed by atoms with Crippen molar-refractivity contribution in [2.75, 3.05) is 32.9 Å². The molecule has 0 bridgehead atoms. The Morgan fingerprint density at radius 2 is 1.96 bits per heavy atom. The first-order valence-electron chi connectivity index (χ1n) is 7.60. The fraction of sp³-hybridized carbons (Fsp3) is 0.375. The summed E-state index contributed by atoms with van der Waals surface area (Å²) in [4.78, 5) is 41.8. The van der Waals surface area contributed by atoms with Gasteiger partial charge in [0.25, 0.3) is 11.5 Å². The average molecular weight is 331 g/mol. The van der Waals surface area contributed by atoms with Gasteiger partial charge in [0, 0.05) is 13.1 Å². The van der Waals surface area contributed by atoms with E-state index in [1.165, 1.54) is 10.9 Å². The highest BCUT2D eigenvalue weighted by atomic mass is 16.5. The molecule has 0 aliphatic carbocycles. The van der Waals surface area contributed by atoms with Crippen LogP contribution < -0.4 is 5.56 Å². The predicted molar refractivity (Wildman–Crippen MR) is 84.4 cm³/mol. The maximum absolute atomic E-state index is 12.3. The minimum atomic E-state index is -0.657. The molecular weight excluding hydrogens is 314 g/mol. The second-order valence-electron chi connectivity index (χ2n) is 5.35. The summed E-state index contributed by atoms with van der Waals surface area (Å²) >= 11 is 0. The van der Waals surface area contributed by atoms with Gasteiger partial charge in [0.15, 0.2) is 6.61 Å². The zero-order valence-electron chi connectivity index (χ0n) is 13.0. The first-order valence-corrected chi connectivity index (χ1v) is 7.60. The summed E-state index contributed by atoms with van der Waals surface area (Å²) in [6, 6.07) is 6.88. The van der Waals surface area contributed by atoms with Gasteiger partial charge < -0.3 is 14.4 Å². The van der Waals surface area contributed by atoms with E-state index in [2.05, 4.69) is 4.98 Å². The number of morpholine rings is 1. The summed E-state index contributed by atoms with van der Waals surface area (Å²) in [6.45, 7) is 1.33. The largest absolute Gasteiger partial charge is 0.454 e. The molecule has 1 fully saturated rings. The highest BCUT2D eigenvalue weighted by molar-refractivity contribution is 5.81. The Kier molecular flexibility index (Phi) is 4.85. The van der Waals surface area contributed by atoms with Gasteiger partial charge in [0.05, 0.1) is 30.4 Å². The number of hydrogen-bond donors (Lipinski definition) is 0. The number of amides is 1. The standard InChI is InChI=1S/C16H17N3O5/c20-14(18-5-7-23-8-6-18)10-24-15(21)9-19-11-17-13-4-2-1-3-12(13)16(19)22/h1-4,11H,5-10H2. The number of benzene rings is 1. The van der Waals surface area contributed by atoms with E-state index in [0.717, 1.165) is 0 Å². The van der Waals surface area contributed by atoms with E-state index in [-0.39, 0.29) is 24.6 Å². The minimum Gasteiger partial charge on any atom is -0.454 e. The van der Waals surface area contributed by atoms with Gasteiger partial charge in [-0.2, -0.15) is 0 Å². The first kappa shape index (κ1) is 16.1. The number of carbonyl (C=O) groups excluding carboxylic acids is 2. The summed E-state index contributed by atoms with van der Waals surface area (Å²) in [7, 11) is 0. The molecule has 1 aliphatic rings. The van der Waals surface area contributed by atoms with E-state index in [1.807, 2.05) is 0 Å². The van der Waals surface area contributed by atoms with Crippen LogP contribution in [-0.2, 0) is 25.6 Å². The van der Waals surface area contributed by atoms with Gasteiger partial charge in [-0.25, -0.2) is 4.98 Å². The van der Waals surface area contributed by atoms with Gasteiger partial charge in [0.1, 0.15) is 6.54 Å². The van der Waals surface area contributed by atoms with Crippen LogP contribution in [0.2, 0.25) is 0 Å². The van der Waals surface area contributed by atoms with Crippen LogP contribution in [0.15, 0.2) is 35.4 Å². The molecule has 1 saturated heterocycles. The van der Waals surface area contributed by atoms with E-state index in [0.29, 0.717) is 37.2 Å². The smallest absolute Gasteiger partial charge is 0.326 e. The quantitative estimate of drug-likeness (QED) is 0.721. The Bertz CT molecular complexity index is 811. The van der Waals surface area contributed by atoms with E-state index >= 15 is 0 Å². The van der Waals surface area contributed by atoms with Gasteiger partial charge >= 0.3 is 5.97 Å². The number of para-hydroxylation sites is 1. The Hall–Kier alpha value is -2.74. The van der Waals surface area contributed by atoms with Crippen molar-refractivity contribution in [3.63, 3.8) is 0 Å². The highest BCUT2D eigenvalue weighted by Crippen LogP contribution is 2.04. The van der Waals surface area contributed by atoms with Crippen molar-refractivity contribution < 1.29 is 19.1 Å². The normalized spacial score (nSPS) is 14.6. The molecule has 1 aromatic carbocycles. The van der Waals surface area contributed by atoms with Crippen LogP contribution in [0, 0.1) is 0 Å². The summed E-state index contributed by atoms with van der Waals surface area (Å²) in [5.41, 5.74) is 0.242. The van der Waals surface area contributed by atoms with E-state index < -0.39 is 5.97 Å². The van der Waals surface area contributed by atoms with Crippen LogP contribution in [0.25, 0.3) is 10.9 Å². The molecule has 0 radical (unpaired) electrons. The maximum Gasteiger partial charge on any atom is 0.326 e. The van der Waals surface area contributed by atoms with Crippen molar-refractivity contribution in [2.24, 2.45) is 0 Å². The van der Waals surface area contributed by atoms with Crippen LogP contribution in [0.5, 0.6) is 0 Å². The van der Waals surface area contributed by atoms with Gasteiger partial charge in [-0.05, 0) is 12.1 Å². The second kappa shape index (κ2) is 7.22. The van der Waals surface area contributed by atoms with Gasteiger partial charge in [-0.15, -0.1) is 0 Å². The molecule has 2 aromatic rings. The lowest BCUT2D eigenvalue weighted by Crippen LogP contribution is -2.43. The highest BCUT2D eigenvalue weighted by Gasteiger charge is 2.18. The lowest BCUT2D eigenvalue weighted by atomic mass is 10.2. The summed E-state index contributed by atoms with van der Waals surface area (Å²) < 4.78 is 11.3. The Balaban J connectivity index is 1.60. The van der Waals surface area contributed by atoms with Gasteiger partial charge in [-0.3, -0.25) is 19.0 Å². The predicted octanol–water partition coefficient (Wildman–Crippen LogP) is -0.202. The van der Waals surface area contributed by atoms with E-state index in [4.69, 9.17) is 9.47 Å². The first-order chi connectivity index (χ1) is 11.6. The summed E-state index contributed by atoms with van der Waals surface area (Å²) in [6.07, 6.45) is 1.30. The molecule has 1 aliphatic heterocycles. The van der Waals surface area contributed by atoms with Gasteiger partial charge in [0.2, 0.25) is 0 Å². The lowest BCUT2D eigenvalue weighted by Gasteiger charge is -2.26. The lowest BCUT2D eigenvalue weighted by molar-refractivity contribution is -0.154. The minimum absolute atomic E-state index is 0.268. The number of ether oxygens (including phenoxy) is 2. The Labute approximate surface area is 137 Å². The summed E-state index contributed by atoms with van der Waals surface area (Å²) in [5, 5.41) is 0.428. The van der Waals surface area contributed by atoms with Crippen molar-refractivity contribution in [3.05, 3.63) is 40.9 Å². The van der Waals surface area contributed by atoms with Gasteiger partial charge in [-0.1, -0.05) is 12.1 Å². The van der Waals surface area contributed by atoms with Crippen molar-refractivity contribution in [2.45, 2.75) is 6.54 Å². The third-order valence-electron chi connectivity index (χ3n) is 3.75. The SMILES string of the molecule is O=C(Cn1cnc2ccccc2c1=O)OCC(=O)N1CCOCC1. The number of carbonyl (C=O) groups is 2. The van der Waals surface area contributed by atoms with Crippen molar-refractivity contribution in [1.82, 2.24) is 14.5 Å². The summed E-state index contributed by atoms with van der Waals surface area (Å²) in [5.74, 6) is -0.925. The molecule has 8 heteroatoms. The third kappa shape index (κ3) is 3.60. The molecule has 8 nitrogen and oxygen atoms in total. The molecular formula is C16H17N3O5. The Morgan fingerprint density at radius 1 is 1.21 bits per heavy atom. The van der Waals surface area contributed by atoms with Crippen LogP contribution in [0.3, 0.4) is 0 Å². The molecule has 0 unspecified atom stereocenters. The van der Waals surface area contributed by atoms with Crippen molar-refractivity contribution >= 4 is 22.8 Å². The van der Waals surface area contributed by atoms with Crippen molar-refractivity contribution in [3.8, 4) is 0 Å². The zero-order valence-corrected chi connectivity index (χ0v) is 13.0. The average Bonchev–Trinajstić information content (AvgIpc) is 2.63. The molecule has 0 saturated carbocycles. The number of aromatic nitrogens is 2. The third-order valence-corrected chi connectivity index (χ3v) is 3.75. The second-order valence-corrected chi connectivity index (χ2v) is 5.35. The molecule has 2 heterocycles. The van der Waals surface area contributed by atoms with Crippen LogP contribution in [-0.4, -0.2) is 59.2 Å². The fourth-order valence-corrected chi connectivity index (χ4v) is 2.45. The van der Waals surface area contributed by atoms with Crippen LogP contribution in [0.4, 0.5) is 0 Å². The molecule has 1 amide bonds. The molecule has 3 rings (SSSR count). The number of rotatable bonds is 4. The maximum atomic E-state index is 12.3. The number of fused-ring (bicyclic) bond motifs is 1. The number of nitrogens with zero attached hydrogens (tertiary/aromatic N) is 3. The topological polar surface area (TPSA) is 90.7 Å². The van der Waals surface area contributed by atoms with Crippen LogP contribution in [0.1, 0.15) is 0 Å². The zero-order chi connectivity index (χ0) is 16.9. The molecule has 0 atom stereocenters. The molecule has 24 heavy (non-hydrogen) atoms. The number of hydrogen-bond acceptors (Lipinski definition) is 6.